The Bertz CT molecular complexity index is 2940. The number of fused-ring (bicyclic) bond motifs is 7. The van der Waals surface area contributed by atoms with Gasteiger partial charge in [-0.05, 0) is 95.5 Å². The van der Waals surface area contributed by atoms with Gasteiger partial charge < -0.3 is 9.15 Å². The first kappa shape index (κ1) is 34.0. The number of rotatable bonds is 6. The molecular formula is C54H38N2O2. The van der Waals surface area contributed by atoms with Crippen LogP contribution in [0, 0.1) is 0 Å². The third-order valence-electron chi connectivity index (χ3n) is 11.5. The Morgan fingerprint density at radius 3 is 1.86 bits per heavy atom. The molecule has 3 aliphatic rings. The highest BCUT2D eigenvalue weighted by atomic mass is 16.5. The quantitative estimate of drug-likeness (QED) is 0.170. The van der Waals surface area contributed by atoms with Crippen LogP contribution >= 0.6 is 0 Å². The Balaban J connectivity index is 0.989. The van der Waals surface area contributed by atoms with E-state index in [1.54, 1.807) is 0 Å². The zero-order valence-corrected chi connectivity index (χ0v) is 31.9. The lowest BCUT2D eigenvalue weighted by atomic mass is 9.89. The highest BCUT2D eigenvalue weighted by molar-refractivity contribution is 6.05. The zero-order valence-electron chi connectivity index (χ0n) is 31.9. The standard InChI is InChI=1S/C54H38N2O2/c1-4-14-35(15-5-1)41-29-31-51-46(33-41)53-52(44-22-12-13-23-49(44)58-53)45-32-40(28-30-50(45)57-51)36-24-26-37(27-25-36)42-20-10-11-21-43(42)54-55-47(38-16-6-2-7-17-38)34-48(56-54)39-18-8-3-9-19-39/h2-4,6-9,11-19,21-34H,1,5,10,20H2. The number of allylic oxidation sites excluding steroid dienone is 8. The number of hydrogen-bond acceptors (Lipinski definition) is 4. The first-order valence-electron chi connectivity index (χ1n) is 20.1. The van der Waals surface area contributed by atoms with Crippen LogP contribution in [-0.4, -0.2) is 9.97 Å². The Morgan fingerprint density at radius 2 is 1.12 bits per heavy atom. The molecule has 58 heavy (non-hydrogen) atoms. The smallest absolute Gasteiger partial charge is 0.160 e. The molecule has 4 heteroatoms. The lowest BCUT2D eigenvalue weighted by molar-refractivity contribution is 0.486. The Hall–Kier alpha value is -7.30. The highest BCUT2D eigenvalue weighted by Gasteiger charge is 2.28. The summed E-state index contributed by atoms with van der Waals surface area (Å²) in [4.78, 5) is 10.4. The normalized spacial score (nSPS) is 14.3. The first-order chi connectivity index (χ1) is 28.7. The maximum atomic E-state index is 6.73. The average Bonchev–Trinajstić information content (AvgIpc) is 3.63. The van der Waals surface area contributed by atoms with Gasteiger partial charge in [-0.2, -0.15) is 0 Å². The molecule has 0 amide bonds. The van der Waals surface area contributed by atoms with Crippen molar-refractivity contribution < 1.29 is 9.15 Å². The maximum Gasteiger partial charge on any atom is 0.160 e. The van der Waals surface area contributed by atoms with E-state index in [1.807, 2.05) is 18.2 Å². The van der Waals surface area contributed by atoms with E-state index >= 15 is 0 Å². The third-order valence-corrected chi connectivity index (χ3v) is 11.5. The van der Waals surface area contributed by atoms with Gasteiger partial charge >= 0.3 is 0 Å². The molecule has 1 aliphatic heterocycles. The number of nitrogens with zero attached hydrogens (tertiary/aromatic N) is 2. The number of benzene rings is 6. The van der Waals surface area contributed by atoms with E-state index in [9.17, 15) is 0 Å². The van der Waals surface area contributed by atoms with Crippen LogP contribution in [0.25, 0.3) is 83.8 Å². The van der Waals surface area contributed by atoms with Crippen LogP contribution in [-0.2, 0) is 0 Å². The van der Waals surface area contributed by atoms with E-state index in [2.05, 4.69) is 164 Å². The van der Waals surface area contributed by atoms with E-state index in [0.717, 1.165) is 121 Å². The van der Waals surface area contributed by atoms with Crippen LogP contribution in [0.2, 0.25) is 0 Å². The summed E-state index contributed by atoms with van der Waals surface area (Å²) in [5, 5.41) is 1.07. The summed E-state index contributed by atoms with van der Waals surface area (Å²) in [6.45, 7) is 0. The second-order valence-electron chi connectivity index (χ2n) is 15.1. The van der Waals surface area contributed by atoms with Crippen LogP contribution < -0.4 is 4.74 Å². The summed E-state index contributed by atoms with van der Waals surface area (Å²) in [5.74, 6) is 3.18. The van der Waals surface area contributed by atoms with Gasteiger partial charge in [0.2, 0.25) is 0 Å². The van der Waals surface area contributed by atoms with Crippen LogP contribution in [0.3, 0.4) is 0 Å². The molecule has 2 aliphatic carbocycles. The number of para-hydroxylation sites is 1. The molecule has 0 unspecified atom stereocenters. The summed E-state index contributed by atoms with van der Waals surface area (Å²) in [5.41, 5.74) is 16.0. The van der Waals surface area contributed by atoms with Crippen LogP contribution in [0.4, 0.5) is 0 Å². The molecule has 0 N–H and O–H groups in total. The second-order valence-corrected chi connectivity index (χ2v) is 15.1. The van der Waals surface area contributed by atoms with Crippen molar-refractivity contribution >= 4 is 27.7 Å². The summed E-state index contributed by atoms with van der Waals surface area (Å²) in [7, 11) is 0. The van der Waals surface area contributed by atoms with Gasteiger partial charge in [-0.1, -0.05) is 146 Å². The van der Waals surface area contributed by atoms with Gasteiger partial charge in [0.15, 0.2) is 5.82 Å². The maximum absolute atomic E-state index is 6.73. The minimum absolute atomic E-state index is 0.740. The largest absolute Gasteiger partial charge is 0.456 e. The van der Waals surface area contributed by atoms with Gasteiger partial charge in [0.25, 0.3) is 0 Å². The van der Waals surface area contributed by atoms with Crippen molar-refractivity contribution in [2.45, 2.75) is 25.7 Å². The fraction of sp³-hybridized carbons (Fsp3) is 0.0741. The van der Waals surface area contributed by atoms with Gasteiger partial charge in [0.1, 0.15) is 22.8 Å². The summed E-state index contributed by atoms with van der Waals surface area (Å²) >= 11 is 0. The molecule has 6 aromatic carbocycles. The van der Waals surface area contributed by atoms with Crippen molar-refractivity contribution in [2.24, 2.45) is 0 Å². The molecule has 0 bridgehead atoms. The Labute approximate surface area is 337 Å². The minimum atomic E-state index is 0.740. The molecule has 8 aromatic rings. The summed E-state index contributed by atoms with van der Waals surface area (Å²) in [6.07, 6.45) is 15.2. The van der Waals surface area contributed by atoms with Crippen molar-refractivity contribution in [1.82, 2.24) is 9.97 Å². The van der Waals surface area contributed by atoms with Crippen LogP contribution in [0.1, 0.15) is 42.6 Å². The van der Waals surface area contributed by atoms with Gasteiger partial charge in [-0.3, -0.25) is 0 Å². The predicted octanol–water partition coefficient (Wildman–Crippen LogP) is 14.7. The SMILES string of the molecule is C1=CC(c2ccc3c(c2)-c2oc4ccccc4c2-c2cc(-c4ccc(C5=C(c6nc(-c7ccccc7)cc(-c7ccccc7)n6)C=CCC5)cc4)ccc2O3)=CCC1. The summed E-state index contributed by atoms with van der Waals surface area (Å²) < 4.78 is 13.4. The average molecular weight is 747 g/mol. The highest BCUT2D eigenvalue weighted by Crippen LogP contribution is 2.52. The van der Waals surface area contributed by atoms with Crippen molar-refractivity contribution in [1.29, 1.82) is 0 Å². The fourth-order valence-corrected chi connectivity index (χ4v) is 8.54. The van der Waals surface area contributed by atoms with E-state index in [4.69, 9.17) is 19.1 Å². The zero-order chi connectivity index (χ0) is 38.4. The number of aromatic nitrogens is 2. The van der Waals surface area contributed by atoms with Gasteiger partial charge in [0, 0.05) is 33.2 Å². The molecule has 0 atom stereocenters. The minimum Gasteiger partial charge on any atom is -0.456 e. The van der Waals surface area contributed by atoms with Gasteiger partial charge in [-0.15, -0.1) is 0 Å². The third kappa shape index (κ3) is 6.11. The Morgan fingerprint density at radius 1 is 0.483 bits per heavy atom. The molecule has 0 spiro atoms. The van der Waals surface area contributed by atoms with E-state index in [1.165, 1.54) is 16.7 Å². The molecule has 0 saturated carbocycles. The molecule has 0 radical (unpaired) electrons. The molecule has 4 nitrogen and oxygen atoms in total. The molecule has 2 aromatic heterocycles. The summed E-state index contributed by atoms with van der Waals surface area (Å²) in [6, 6.07) is 53.1. The monoisotopic (exact) mass is 746 g/mol. The van der Waals surface area contributed by atoms with Crippen LogP contribution in [0.15, 0.2) is 186 Å². The second kappa shape index (κ2) is 14.3. The van der Waals surface area contributed by atoms with Crippen LogP contribution in [0.5, 0.6) is 11.5 Å². The molecular weight excluding hydrogens is 709 g/mol. The van der Waals surface area contributed by atoms with Gasteiger partial charge in [0.05, 0.1) is 17.0 Å². The van der Waals surface area contributed by atoms with Crippen molar-refractivity contribution in [3.63, 3.8) is 0 Å². The fourth-order valence-electron chi connectivity index (χ4n) is 8.54. The molecule has 11 rings (SSSR count). The number of ether oxygens (including phenoxy) is 1. The molecule has 0 fully saturated rings. The van der Waals surface area contributed by atoms with E-state index in [0.29, 0.717) is 0 Å². The Kier molecular flexibility index (Phi) is 8.40. The van der Waals surface area contributed by atoms with Crippen molar-refractivity contribution in [3.8, 4) is 67.6 Å². The molecule has 0 saturated heterocycles. The van der Waals surface area contributed by atoms with E-state index in [-0.39, 0.29) is 0 Å². The van der Waals surface area contributed by atoms with E-state index < -0.39 is 0 Å². The molecule has 3 heterocycles. The van der Waals surface area contributed by atoms with Gasteiger partial charge in [-0.25, -0.2) is 9.97 Å². The lowest BCUT2D eigenvalue weighted by Crippen LogP contribution is -2.02. The van der Waals surface area contributed by atoms with Crippen molar-refractivity contribution in [3.05, 3.63) is 199 Å². The predicted molar refractivity (Wildman–Crippen MR) is 237 cm³/mol. The first-order valence-corrected chi connectivity index (χ1v) is 20.1. The number of furan rings is 1. The lowest BCUT2D eigenvalue weighted by Gasteiger charge is -2.18. The molecule has 276 valence electrons. The topological polar surface area (TPSA) is 48.2 Å². The van der Waals surface area contributed by atoms with Crippen molar-refractivity contribution in [2.75, 3.05) is 0 Å². The number of hydrogen-bond donors (Lipinski definition) is 0.